The number of thiophene rings is 1. The first-order chi connectivity index (χ1) is 14.5. The molecule has 0 unspecified atom stereocenters. The van der Waals surface area contributed by atoms with Gasteiger partial charge in [0.25, 0.3) is 15.9 Å². The summed E-state index contributed by atoms with van der Waals surface area (Å²) in [6.45, 7) is 3.88. The van der Waals surface area contributed by atoms with Crippen LogP contribution in [0.4, 0.5) is 0 Å². The van der Waals surface area contributed by atoms with Crippen molar-refractivity contribution < 1.29 is 18.0 Å². The third-order valence-electron chi connectivity index (χ3n) is 6.53. The molecular formula is C21H31N3O4S2. The molecule has 7 nitrogen and oxygen atoms in total. The molecule has 0 N–H and O–H groups in total. The lowest BCUT2D eigenvalue weighted by Crippen LogP contribution is -2.44. The molecule has 0 aliphatic carbocycles. The van der Waals surface area contributed by atoms with Gasteiger partial charge in [0.2, 0.25) is 5.91 Å². The van der Waals surface area contributed by atoms with Crippen LogP contribution in [0.1, 0.15) is 61.7 Å². The van der Waals surface area contributed by atoms with Crippen LogP contribution >= 0.6 is 11.3 Å². The molecule has 3 fully saturated rings. The molecule has 3 saturated heterocycles. The van der Waals surface area contributed by atoms with Gasteiger partial charge < -0.3 is 9.80 Å². The van der Waals surface area contributed by atoms with Crippen LogP contribution in [0, 0.1) is 5.92 Å². The maximum absolute atomic E-state index is 13.1. The van der Waals surface area contributed by atoms with Crippen LogP contribution in [-0.4, -0.2) is 73.6 Å². The number of sulfonamides is 1. The van der Waals surface area contributed by atoms with Crippen molar-refractivity contribution in [3.63, 3.8) is 0 Å². The average molecular weight is 454 g/mol. The number of hydrogen-bond donors (Lipinski definition) is 0. The molecule has 166 valence electrons. The average Bonchev–Trinajstić information content (AvgIpc) is 3.41. The van der Waals surface area contributed by atoms with E-state index in [0.717, 1.165) is 63.2 Å². The van der Waals surface area contributed by atoms with Crippen molar-refractivity contribution in [3.05, 3.63) is 17.0 Å². The zero-order chi connectivity index (χ0) is 21.1. The summed E-state index contributed by atoms with van der Waals surface area (Å²) in [5.41, 5.74) is 0.465. The molecule has 2 amide bonds. The number of likely N-dealkylation sites (tertiary alicyclic amines) is 2. The maximum Gasteiger partial charge on any atom is 0.254 e. The van der Waals surface area contributed by atoms with Crippen molar-refractivity contribution in [1.29, 1.82) is 0 Å². The molecule has 0 aromatic carbocycles. The molecule has 9 heteroatoms. The van der Waals surface area contributed by atoms with E-state index in [9.17, 15) is 18.0 Å². The number of carbonyl (C=O) groups excluding carboxylic acids is 2. The van der Waals surface area contributed by atoms with Gasteiger partial charge in [0.05, 0.1) is 5.56 Å². The lowest BCUT2D eigenvalue weighted by molar-refractivity contribution is -0.136. The van der Waals surface area contributed by atoms with Crippen molar-refractivity contribution in [1.82, 2.24) is 14.1 Å². The first-order valence-electron chi connectivity index (χ1n) is 11.1. The summed E-state index contributed by atoms with van der Waals surface area (Å²) in [6.07, 6.45) is 7.65. The zero-order valence-electron chi connectivity index (χ0n) is 17.4. The molecule has 1 aromatic rings. The highest BCUT2D eigenvalue weighted by Crippen LogP contribution is 2.30. The van der Waals surface area contributed by atoms with Gasteiger partial charge in [-0.05, 0) is 44.6 Å². The van der Waals surface area contributed by atoms with E-state index in [0.29, 0.717) is 31.5 Å². The van der Waals surface area contributed by atoms with Crippen molar-refractivity contribution in [2.75, 3.05) is 39.3 Å². The number of nitrogens with zero attached hydrogens (tertiary/aromatic N) is 3. The van der Waals surface area contributed by atoms with E-state index in [1.807, 2.05) is 4.90 Å². The van der Waals surface area contributed by atoms with Crippen LogP contribution in [0.25, 0.3) is 0 Å². The minimum Gasteiger partial charge on any atom is -0.342 e. The summed E-state index contributed by atoms with van der Waals surface area (Å²) in [4.78, 5) is 29.2. The number of amides is 2. The monoisotopic (exact) mass is 453 g/mol. The Hall–Kier alpha value is -1.45. The van der Waals surface area contributed by atoms with Crippen LogP contribution in [0.15, 0.2) is 15.7 Å². The fourth-order valence-corrected chi connectivity index (χ4v) is 7.46. The van der Waals surface area contributed by atoms with E-state index in [1.54, 1.807) is 10.3 Å². The summed E-state index contributed by atoms with van der Waals surface area (Å²) in [5, 5.41) is 1.66. The summed E-state index contributed by atoms with van der Waals surface area (Å²) < 4.78 is 27.9. The molecule has 1 aromatic heterocycles. The van der Waals surface area contributed by atoms with Gasteiger partial charge in [0, 0.05) is 50.6 Å². The molecule has 4 heterocycles. The third kappa shape index (κ3) is 4.57. The maximum atomic E-state index is 13.1. The molecule has 4 rings (SSSR count). The van der Waals surface area contributed by atoms with Crippen LogP contribution in [0.2, 0.25) is 0 Å². The fraction of sp³-hybridized carbons (Fsp3) is 0.714. The Bertz CT molecular complexity index is 861. The molecule has 0 radical (unpaired) electrons. The predicted octanol–water partition coefficient (Wildman–Crippen LogP) is 2.79. The molecular weight excluding hydrogens is 422 g/mol. The van der Waals surface area contributed by atoms with Crippen molar-refractivity contribution in [2.45, 2.75) is 55.6 Å². The summed E-state index contributed by atoms with van der Waals surface area (Å²) >= 11 is 1.12. The highest BCUT2D eigenvalue weighted by Gasteiger charge is 2.35. The largest absolute Gasteiger partial charge is 0.342 e. The Morgan fingerprint density at radius 2 is 1.40 bits per heavy atom. The van der Waals surface area contributed by atoms with Crippen molar-refractivity contribution in [3.8, 4) is 0 Å². The molecule has 0 atom stereocenters. The highest BCUT2D eigenvalue weighted by atomic mass is 32.2. The Kier molecular flexibility index (Phi) is 6.79. The minimum absolute atomic E-state index is 0.0769. The van der Waals surface area contributed by atoms with E-state index in [1.165, 1.54) is 23.2 Å². The van der Waals surface area contributed by atoms with Gasteiger partial charge in [-0.2, -0.15) is 4.31 Å². The molecule has 0 spiro atoms. The Morgan fingerprint density at radius 3 is 2.03 bits per heavy atom. The standard InChI is InChI=1S/C21H31N3O4S2/c25-20(22-9-3-1-2-4-10-22)17-7-13-24(14-8-17)30(27,28)19-15-18(16-29-19)21(26)23-11-5-6-12-23/h15-17H,1-14H2. The summed E-state index contributed by atoms with van der Waals surface area (Å²) in [7, 11) is -3.62. The molecule has 30 heavy (non-hydrogen) atoms. The van der Waals surface area contributed by atoms with Crippen LogP contribution in [-0.2, 0) is 14.8 Å². The third-order valence-corrected chi connectivity index (χ3v) is 9.84. The van der Waals surface area contributed by atoms with E-state index < -0.39 is 10.0 Å². The SMILES string of the molecule is O=C(c1csc(S(=O)(=O)N2CCC(C(=O)N3CCCCCC3)CC2)c1)N1CCCC1. The first-order valence-corrected chi connectivity index (χ1v) is 13.5. The quantitative estimate of drug-likeness (QED) is 0.702. The van der Waals surface area contributed by atoms with Gasteiger partial charge in [-0.3, -0.25) is 9.59 Å². The second kappa shape index (κ2) is 9.36. The van der Waals surface area contributed by atoms with Crippen LogP contribution < -0.4 is 0 Å². The molecule has 3 aliphatic heterocycles. The normalized spacial score (nSPS) is 22.3. The van der Waals surface area contributed by atoms with Crippen molar-refractivity contribution >= 4 is 33.2 Å². The zero-order valence-corrected chi connectivity index (χ0v) is 19.1. The smallest absolute Gasteiger partial charge is 0.254 e. The van der Waals surface area contributed by atoms with Crippen molar-refractivity contribution in [2.24, 2.45) is 5.92 Å². The Labute approximate surface area is 183 Å². The Morgan fingerprint density at radius 1 is 0.833 bits per heavy atom. The Balaban J connectivity index is 1.37. The van der Waals surface area contributed by atoms with E-state index in [-0.39, 0.29) is 21.9 Å². The van der Waals surface area contributed by atoms with Gasteiger partial charge in [-0.1, -0.05) is 12.8 Å². The van der Waals surface area contributed by atoms with E-state index >= 15 is 0 Å². The number of carbonyl (C=O) groups is 2. The minimum atomic E-state index is -3.62. The number of rotatable bonds is 4. The lowest BCUT2D eigenvalue weighted by Gasteiger charge is -2.33. The summed E-state index contributed by atoms with van der Waals surface area (Å²) in [5.74, 6) is 0.0423. The second-order valence-electron chi connectivity index (χ2n) is 8.57. The van der Waals surface area contributed by atoms with Gasteiger partial charge >= 0.3 is 0 Å². The fourth-order valence-electron chi connectivity index (χ4n) is 4.69. The topological polar surface area (TPSA) is 78.0 Å². The van der Waals surface area contributed by atoms with Gasteiger partial charge in [-0.15, -0.1) is 11.3 Å². The lowest BCUT2D eigenvalue weighted by atomic mass is 9.96. The summed E-state index contributed by atoms with van der Waals surface area (Å²) in [6, 6.07) is 1.52. The van der Waals surface area contributed by atoms with E-state index in [4.69, 9.17) is 0 Å². The van der Waals surface area contributed by atoms with Gasteiger partial charge in [0.1, 0.15) is 4.21 Å². The highest BCUT2D eigenvalue weighted by molar-refractivity contribution is 7.91. The number of piperidine rings is 1. The second-order valence-corrected chi connectivity index (χ2v) is 11.6. The molecule has 0 bridgehead atoms. The van der Waals surface area contributed by atoms with Crippen LogP contribution in [0.3, 0.4) is 0 Å². The van der Waals surface area contributed by atoms with Gasteiger partial charge in [0.15, 0.2) is 0 Å². The molecule has 3 aliphatic rings. The predicted molar refractivity (Wildman–Crippen MR) is 116 cm³/mol. The van der Waals surface area contributed by atoms with E-state index in [2.05, 4.69) is 0 Å². The van der Waals surface area contributed by atoms with Crippen LogP contribution in [0.5, 0.6) is 0 Å². The molecule has 0 saturated carbocycles. The number of hydrogen-bond acceptors (Lipinski definition) is 5. The first kappa shape index (κ1) is 21.8. The van der Waals surface area contributed by atoms with Gasteiger partial charge in [-0.25, -0.2) is 8.42 Å².